The SMILES string of the molecule is CN=C(NCCc1ccc2c(c1)CCO2)NCC1(N2CCOCC2)CCCCC1. The monoisotopic (exact) mass is 400 g/mol. The van der Waals surface area contributed by atoms with E-state index < -0.39 is 0 Å². The van der Waals surface area contributed by atoms with Crippen LogP contribution in [-0.2, 0) is 17.6 Å². The van der Waals surface area contributed by atoms with E-state index in [-0.39, 0.29) is 5.54 Å². The van der Waals surface area contributed by atoms with Crippen LogP contribution < -0.4 is 15.4 Å². The minimum absolute atomic E-state index is 0.250. The second-order valence-electron chi connectivity index (χ2n) is 8.53. The van der Waals surface area contributed by atoms with Gasteiger partial charge in [0, 0.05) is 45.2 Å². The molecule has 2 aliphatic heterocycles. The maximum Gasteiger partial charge on any atom is 0.191 e. The zero-order valence-electron chi connectivity index (χ0n) is 17.8. The summed E-state index contributed by atoms with van der Waals surface area (Å²) >= 11 is 0. The smallest absolute Gasteiger partial charge is 0.191 e. The summed E-state index contributed by atoms with van der Waals surface area (Å²) in [6.45, 7) is 6.48. The Labute approximate surface area is 175 Å². The van der Waals surface area contributed by atoms with Gasteiger partial charge in [-0.05, 0) is 36.5 Å². The zero-order chi connectivity index (χ0) is 19.9. The predicted octanol–water partition coefficient (Wildman–Crippen LogP) is 2.36. The van der Waals surface area contributed by atoms with Crippen LogP contribution in [0.3, 0.4) is 0 Å². The number of rotatable bonds is 6. The fraction of sp³-hybridized carbons (Fsp3) is 0.696. The Bertz CT molecular complexity index is 694. The average molecular weight is 401 g/mol. The number of benzene rings is 1. The van der Waals surface area contributed by atoms with Crippen molar-refractivity contribution in [1.82, 2.24) is 15.5 Å². The van der Waals surface area contributed by atoms with Gasteiger partial charge in [0.25, 0.3) is 0 Å². The molecule has 0 aromatic heterocycles. The van der Waals surface area contributed by atoms with Crippen molar-refractivity contribution < 1.29 is 9.47 Å². The molecule has 29 heavy (non-hydrogen) atoms. The van der Waals surface area contributed by atoms with Crippen molar-refractivity contribution in [3.05, 3.63) is 29.3 Å². The molecule has 6 nitrogen and oxygen atoms in total. The van der Waals surface area contributed by atoms with E-state index in [9.17, 15) is 0 Å². The van der Waals surface area contributed by atoms with Gasteiger partial charge in [-0.15, -0.1) is 0 Å². The van der Waals surface area contributed by atoms with Crippen LogP contribution >= 0.6 is 0 Å². The molecule has 3 aliphatic rings. The van der Waals surface area contributed by atoms with Gasteiger partial charge in [0.05, 0.1) is 19.8 Å². The van der Waals surface area contributed by atoms with Crippen molar-refractivity contribution in [3.63, 3.8) is 0 Å². The summed E-state index contributed by atoms with van der Waals surface area (Å²) in [6.07, 6.45) is 8.58. The van der Waals surface area contributed by atoms with Crippen molar-refractivity contribution in [2.24, 2.45) is 4.99 Å². The first-order valence-corrected chi connectivity index (χ1v) is 11.3. The van der Waals surface area contributed by atoms with Gasteiger partial charge in [0.1, 0.15) is 5.75 Å². The van der Waals surface area contributed by atoms with Crippen molar-refractivity contribution in [3.8, 4) is 5.75 Å². The molecular weight excluding hydrogens is 364 g/mol. The zero-order valence-corrected chi connectivity index (χ0v) is 17.8. The third-order valence-electron chi connectivity index (χ3n) is 6.73. The van der Waals surface area contributed by atoms with Crippen LogP contribution in [0.25, 0.3) is 0 Å². The summed E-state index contributed by atoms with van der Waals surface area (Å²) in [5, 5.41) is 7.15. The molecule has 0 amide bonds. The van der Waals surface area contributed by atoms with Gasteiger partial charge in [-0.1, -0.05) is 31.4 Å². The molecule has 6 heteroatoms. The predicted molar refractivity (Wildman–Crippen MR) is 117 cm³/mol. The van der Waals surface area contributed by atoms with Gasteiger partial charge >= 0.3 is 0 Å². The van der Waals surface area contributed by atoms with E-state index in [0.717, 1.165) is 70.6 Å². The first-order valence-electron chi connectivity index (χ1n) is 11.3. The molecule has 0 spiro atoms. The van der Waals surface area contributed by atoms with Crippen LogP contribution in [0.4, 0.5) is 0 Å². The lowest BCUT2D eigenvalue weighted by Crippen LogP contribution is -2.60. The number of nitrogens with one attached hydrogen (secondary N) is 2. The molecule has 1 saturated carbocycles. The van der Waals surface area contributed by atoms with E-state index in [2.05, 4.69) is 38.7 Å². The highest BCUT2D eigenvalue weighted by Crippen LogP contribution is 2.33. The number of hydrogen-bond acceptors (Lipinski definition) is 4. The summed E-state index contributed by atoms with van der Waals surface area (Å²) in [6, 6.07) is 6.58. The number of hydrogen-bond donors (Lipinski definition) is 2. The van der Waals surface area contributed by atoms with Gasteiger partial charge in [0.2, 0.25) is 0 Å². The Morgan fingerprint density at radius 2 is 1.93 bits per heavy atom. The van der Waals surface area contributed by atoms with Crippen LogP contribution in [0.5, 0.6) is 5.75 Å². The lowest BCUT2D eigenvalue weighted by Gasteiger charge is -2.48. The maximum absolute atomic E-state index is 5.61. The second kappa shape index (κ2) is 9.81. The molecule has 2 N–H and O–H groups in total. The summed E-state index contributed by atoms with van der Waals surface area (Å²) in [7, 11) is 1.87. The Hall–Kier alpha value is -1.79. The van der Waals surface area contributed by atoms with Crippen LogP contribution in [0, 0.1) is 0 Å². The topological polar surface area (TPSA) is 58.1 Å². The first kappa shape index (κ1) is 20.5. The van der Waals surface area contributed by atoms with E-state index in [4.69, 9.17) is 9.47 Å². The van der Waals surface area contributed by atoms with Crippen molar-refractivity contribution in [2.45, 2.75) is 50.5 Å². The molecule has 160 valence electrons. The number of ether oxygens (including phenoxy) is 2. The Kier molecular flexibility index (Phi) is 6.93. The van der Waals surface area contributed by atoms with Crippen molar-refractivity contribution in [1.29, 1.82) is 0 Å². The average Bonchev–Trinajstić information content (AvgIpc) is 3.25. The van der Waals surface area contributed by atoms with Gasteiger partial charge in [-0.25, -0.2) is 0 Å². The maximum atomic E-state index is 5.61. The van der Waals surface area contributed by atoms with Gasteiger partial charge < -0.3 is 20.1 Å². The van der Waals surface area contributed by atoms with E-state index >= 15 is 0 Å². The van der Waals surface area contributed by atoms with Crippen LogP contribution in [-0.4, -0.2) is 69.4 Å². The highest BCUT2D eigenvalue weighted by atomic mass is 16.5. The van der Waals surface area contributed by atoms with Crippen molar-refractivity contribution >= 4 is 5.96 Å². The van der Waals surface area contributed by atoms with Gasteiger partial charge in [-0.2, -0.15) is 0 Å². The summed E-state index contributed by atoms with van der Waals surface area (Å²) in [4.78, 5) is 7.14. The quantitative estimate of drug-likeness (QED) is 0.567. The van der Waals surface area contributed by atoms with Crippen molar-refractivity contribution in [2.75, 3.05) is 53.0 Å². The molecule has 0 unspecified atom stereocenters. The van der Waals surface area contributed by atoms with E-state index in [1.807, 2.05) is 7.05 Å². The van der Waals surface area contributed by atoms with Crippen LogP contribution in [0.1, 0.15) is 43.2 Å². The molecule has 0 atom stereocenters. The highest BCUT2D eigenvalue weighted by Gasteiger charge is 2.38. The number of aliphatic imine (C=N–C) groups is 1. The summed E-state index contributed by atoms with van der Waals surface area (Å²) in [5.74, 6) is 1.97. The standard InChI is InChI=1S/C23H36N4O2/c1-24-22(25-11-7-19-5-6-21-20(17-19)8-14-29-21)26-18-23(9-3-2-4-10-23)27-12-15-28-16-13-27/h5-6,17H,2-4,7-16,18H2,1H3,(H2,24,25,26). The van der Waals surface area contributed by atoms with Crippen LogP contribution in [0.15, 0.2) is 23.2 Å². The molecule has 0 bridgehead atoms. The molecule has 1 aromatic rings. The molecule has 1 aromatic carbocycles. The minimum Gasteiger partial charge on any atom is -0.493 e. The van der Waals surface area contributed by atoms with E-state index in [0.29, 0.717) is 0 Å². The third kappa shape index (κ3) is 5.04. The minimum atomic E-state index is 0.250. The number of fused-ring (bicyclic) bond motifs is 1. The van der Waals surface area contributed by atoms with E-state index in [1.54, 1.807) is 0 Å². The lowest BCUT2D eigenvalue weighted by atomic mass is 9.80. The Balaban J connectivity index is 1.28. The molecule has 0 radical (unpaired) electrons. The third-order valence-corrected chi connectivity index (χ3v) is 6.73. The molecule has 1 saturated heterocycles. The van der Waals surface area contributed by atoms with Gasteiger partial charge in [-0.3, -0.25) is 9.89 Å². The molecule has 4 rings (SSSR count). The normalized spacial score (nSPS) is 22.0. The second-order valence-corrected chi connectivity index (χ2v) is 8.53. The molecule has 2 fully saturated rings. The largest absolute Gasteiger partial charge is 0.493 e. The summed E-state index contributed by atoms with van der Waals surface area (Å²) in [5.41, 5.74) is 2.95. The Morgan fingerprint density at radius 1 is 1.10 bits per heavy atom. The number of guanidine groups is 1. The first-order chi connectivity index (χ1) is 14.3. The Morgan fingerprint density at radius 3 is 2.72 bits per heavy atom. The number of morpholine rings is 1. The molecule has 1 aliphatic carbocycles. The fourth-order valence-corrected chi connectivity index (χ4v) is 5.04. The fourth-order valence-electron chi connectivity index (χ4n) is 5.04. The lowest BCUT2D eigenvalue weighted by molar-refractivity contribution is -0.0352. The molecular formula is C23H36N4O2. The van der Waals surface area contributed by atoms with Crippen LogP contribution in [0.2, 0.25) is 0 Å². The van der Waals surface area contributed by atoms with E-state index in [1.165, 1.54) is 43.2 Å². The van der Waals surface area contributed by atoms with Gasteiger partial charge in [0.15, 0.2) is 5.96 Å². The molecule has 2 heterocycles. The highest BCUT2D eigenvalue weighted by molar-refractivity contribution is 5.79. The summed E-state index contributed by atoms with van der Waals surface area (Å²) < 4.78 is 11.2. The number of nitrogens with zero attached hydrogens (tertiary/aromatic N) is 2.